The van der Waals surface area contributed by atoms with Crippen LogP contribution in [-0.2, 0) is 17.8 Å². The Kier molecular flexibility index (Phi) is 4.12. The topological polar surface area (TPSA) is 51.0 Å². The minimum Gasteiger partial charge on any atom is -0.308 e. The summed E-state index contributed by atoms with van der Waals surface area (Å²) >= 11 is 6.51. The lowest BCUT2D eigenvalue weighted by atomic mass is 9.96. The van der Waals surface area contributed by atoms with Gasteiger partial charge in [0.1, 0.15) is 6.54 Å². The third-order valence-corrected chi connectivity index (χ3v) is 4.60. The molecule has 0 saturated carbocycles. The number of fused-ring (bicyclic) bond motifs is 1. The fourth-order valence-electron chi connectivity index (χ4n) is 2.67. The van der Waals surface area contributed by atoms with Crippen molar-refractivity contribution in [3.63, 3.8) is 0 Å². The number of benzene rings is 1. The van der Waals surface area contributed by atoms with E-state index in [1.165, 1.54) is 5.56 Å². The molecule has 0 spiro atoms. The van der Waals surface area contributed by atoms with Gasteiger partial charge in [0.2, 0.25) is 10.6 Å². The molecule has 3 rings (SSSR count). The van der Waals surface area contributed by atoms with E-state index in [-0.39, 0.29) is 18.5 Å². The standard InChI is InChI=1S/C14H14Br2N4O/c1-9-6-7-10-4-2-3-5-11(10)20(9)12(21)8-19-14(16)17-13(15)18-19/h2-5,9H,6-8H2,1H3. The fourth-order valence-corrected chi connectivity index (χ4v) is 3.64. The predicted molar refractivity (Wildman–Crippen MR) is 87.1 cm³/mol. The normalized spacial score (nSPS) is 17.7. The number of carbonyl (C=O) groups excluding carboxylic acids is 1. The number of amides is 1. The number of nitrogens with zero attached hydrogens (tertiary/aromatic N) is 4. The van der Waals surface area contributed by atoms with Gasteiger partial charge in [-0.15, -0.1) is 5.10 Å². The smallest absolute Gasteiger partial charge is 0.249 e. The van der Waals surface area contributed by atoms with Crippen molar-refractivity contribution in [1.82, 2.24) is 14.8 Å². The van der Waals surface area contributed by atoms with Crippen LogP contribution in [0.5, 0.6) is 0 Å². The molecule has 0 saturated heterocycles. The van der Waals surface area contributed by atoms with Crippen molar-refractivity contribution in [3.05, 3.63) is 39.3 Å². The molecule has 0 fully saturated rings. The predicted octanol–water partition coefficient (Wildman–Crippen LogP) is 3.17. The van der Waals surface area contributed by atoms with Crippen molar-refractivity contribution in [1.29, 1.82) is 0 Å². The van der Waals surface area contributed by atoms with Gasteiger partial charge in [0.25, 0.3) is 0 Å². The molecule has 7 heteroatoms. The minimum absolute atomic E-state index is 0.0211. The summed E-state index contributed by atoms with van der Waals surface area (Å²) in [5.74, 6) is 0.0211. The van der Waals surface area contributed by atoms with Gasteiger partial charge in [0, 0.05) is 11.7 Å². The van der Waals surface area contributed by atoms with E-state index in [0.29, 0.717) is 9.47 Å². The van der Waals surface area contributed by atoms with Crippen LogP contribution in [0.15, 0.2) is 33.7 Å². The first-order valence-electron chi connectivity index (χ1n) is 6.72. The number of carbonyl (C=O) groups is 1. The number of aryl methyl sites for hydroxylation is 1. The quantitative estimate of drug-likeness (QED) is 0.759. The Hall–Kier alpha value is -1.21. The van der Waals surface area contributed by atoms with Crippen molar-refractivity contribution in [3.8, 4) is 0 Å². The maximum Gasteiger partial charge on any atom is 0.249 e. The largest absolute Gasteiger partial charge is 0.308 e. The zero-order valence-electron chi connectivity index (χ0n) is 11.5. The molecule has 1 aliphatic heterocycles. The van der Waals surface area contributed by atoms with E-state index in [4.69, 9.17) is 0 Å². The Morgan fingerprint density at radius 3 is 2.86 bits per heavy atom. The molecule has 0 N–H and O–H groups in total. The zero-order chi connectivity index (χ0) is 15.0. The van der Waals surface area contributed by atoms with E-state index < -0.39 is 0 Å². The van der Waals surface area contributed by atoms with Gasteiger partial charge in [0.15, 0.2) is 4.73 Å². The zero-order valence-corrected chi connectivity index (χ0v) is 14.6. The maximum absolute atomic E-state index is 12.7. The second-order valence-electron chi connectivity index (χ2n) is 5.09. The Labute approximate surface area is 139 Å². The van der Waals surface area contributed by atoms with Gasteiger partial charge >= 0.3 is 0 Å². The minimum atomic E-state index is 0.0211. The molecule has 110 valence electrons. The SMILES string of the molecule is CC1CCc2ccccc2N1C(=O)Cn1nc(Br)nc1Br. The molecule has 2 aromatic rings. The Morgan fingerprint density at radius 1 is 1.38 bits per heavy atom. The van der Waals surface area contributed by atoms with Crippen molar-refractivity contribution < 1.29 is 4.79 Å². The molecule has 1 unspecified atom stereocenters. The van der Waals surface area contributed by atoms with Gasteiger partial charge in [0.05, 0.1) is 0 Å². The van der Waals surface area contributed by atoms with Crippen LogP contribution in [0.3, 0.4) is 0 Å². The van der Waals surface area contributed by atoms with E-state index in [0.717, 1.165) is 18.5 Å². The van der Waals surface area contributed by atoms with Crippen LogP contribution in [0, 0.1) is 0 Å². The Bertz CT molecular complexity index is 685. The lowest BCUT2D eigenvalue weighted by molar-refractivity contribution is -0.119. The summed E-state index contributed by atoms with van der Waals surface area (Å²) < 4.78 is 2.56. The molecule has 2 heterocycles. The third-order valence-electron chi connectivity index (χ3n) is 3.68. The highest BCUT2D eigenvalue weighted by atomic mass is 79.9. The Morgan fingerprint density at radius 2 is 2.14 bits per heavy atom. The second kappa shape index (κ2) is 5.88. The van der Waals surface area contributed by atoms with Crippen molar-refractivity contribution in [2.24, 2.45) is 0 Å². The summed E-state index contributed by atoms with van der Waals surface area (Å²) in [6.07, 6.45) is 1.99. The first-order chi connectivity index (χ1) is 10.1. The molecular weight excluding hydrogens is 400 g/mol. The van der Waals surface area contributed by atoms with Crippen molar-refractivity contribution >= 4 is 43.5 Å². The molecule has 1 atom stereocenters. The summed E-state index contributed by atoms with van der Waals surface area (Å²) in [5.41, 5.74) is 2.24. The first-order valence-corrected chi connectivity index (χ1v) is 8.30. The third kappa shape index (κ3) is 2.89. The lowest BCUT2D eigenvalue weighted by Gasteiger charge is -2.35. The van der Waals surface area contributed by atoms with E-state index in [2.05, 4.69) is 54.9 Å². The Balaban J connectivity index is 1.89. The summed E-state index contributed by atoms with van der Waals surface area (Å²) in [7, 11) is 0. The average Bonchev–Trinajstić information content (AvgIpc) is 2.76. The summed E-state index contributed by atoms with van der Waals surface area (Å²) in [4.78, 5) is 18.7. The van der Waals surface area contributed by atoms with Gasteiger partial charge in [-0.05, 0) is 63.3 Å². The lowest BCUT2D eigenvalue weighted by Crippen LogP contribution is -2.43. The van der Waals surface area contributed by atoms with Crippen LogP contribution >= 0.6 is 31.9 Å². The van der Waals surface area contributed by atoms with Crippen molar-refractivity contribution in [2.75, 3.05) is 4.90 Å². The molecule has 5 nitrogen and oxygen atoms in total. The summed E-state index contributed by atoms with van der Waals surface area (Å²) in [5, 5.41) is 4.15. The van der Waals surface area contributed by atoms with Gasteiger partial charge < -0.3 is 4.90 Å². The van der Waals surface area contributed by atoms with E-state index in [1.54, 1.807) is 4.68 Å². The maximum atomic E-state index is 12.7. The van der Waals surface area contributed by atoms with Gasteiger partial charge in [-0.2, -0.15) is 4.98 Å². The highest BCUT2D eigenvalue weighted by molar-refractivity contribution is 9.11. The number of anilines is 1. The fraction of sp³-hybridized carbons (Fsp3) is 0.357. The van der Waals surface area contributed by atoms with Crippen LogP contribution in [0.1, 0.15) is 18.9 Å². The molecule has 0 aliphatic carbocycles. The summed E-state index contributed by atoms with van der Waals surface area (Å²) in [6.45, 7) is 2.25. The molecular formula is C14H14Br2N4O. The molecule has 1 aliphatic rings. The van der Waals surface area contributed by atoms with E-state index in [1.807, 2.05) is 23.1 Å². The van der Waals surface area contributed by atoms with Crippen LogP contribution in [-0.4, -0.2) is 26.7 Å². The molecule has 1 aromatic carbocycles. The number of hydrogen-bond donors (Lipinski definition) is 0. The van der Waals surface area contributed by atoms with Gasteiger partial charge in [-0.25, -0.2) is 4.68 Å². The van der Waals surface area contributed by atoms with E-state index >= 15 is 0 Å². The van der Waals surface area contributed by atoms with E-state index in [9.17, 15) is 4.79 Å². The van der Waals surface area contributed by atoms with Crippen LogP contribution < -0.4 is 4.90 Å². The second-order valence-corrected chi connectivity index (χ2v) is 6.51. The van der Waals surface area contributed by atoms with Gasteiger partial charge in [-0.3, -0.25) is 4.79 Å². The van der Waals surface area contributed by atoms with Crippen LogP contribution in [0.2, 0.25) is 0 Å². The number of para-hydroxylation sites is 1. The van der Waals surface area contributed by atoms with Gasteiger partial charge in [-0.1, -0.05) is 18.2 Å². The number of hydrogen-bond acceptors (Lipinski definition) is 3. The average molecular weight is 414 g/mol. The number of aromatic nitrogens is 3. The summed E-state index contributed by atoms with van der Waals surface area (Å²) in [6, 6.07) is 8.28. The van der Waals surface area contributed by atoms with Crippen LogP contribution in [0.4, 0.5) is 5.69 Å². The molecule has 0 bridgehead atoms. The number of halogens is 2. The van der Waals surface area contributed by atoms with Crippen LogP contribution in [0.25, 0.3) is 0 Å². The molecule has 1 amide bonds. The molecule has 0 radical (unpaired) electrons. The number of rotatable bonds is 2. The monoisotopic (exact) mass is 412 g/mol. The molecule has 1 aromatic heterocycles. The first kappa shape index (κ1) is 14.7. The highest BCUT2D eigenvalue weighted by Gasteiger charge is 2.28. The van der Waals surface area contributed by atoms with Crippen molar-refractivity contribution in [2.45, 2.75) is 32.4 Å². The highest BCUT2D eigenvalue weighted by Crippen LogP contribution is 2.30. The molecule has 21 heavy (non-hydrogen) atoms.